The first-order chi connectivity index (χ1) is 5.97. The molecule has 0 aromatic rings. The Morgan fingerprint density at radius 2 is 2.00 bits per heavy atom. The van der Waals surface area contributed by atoms with Gasteiger partial charge in [0.2, 0.25) is 11.8 Å². The minimum Gasteiger partial charge on any atom is -0.467 e. The molecule has 0 rings (SSSR count). The van der Waals surface area contributed by atoms with Gasteiger partial charge in [0.25, 0.3) is 0 Å². The van der Waals surface area contributed by atoms with Crippen LogP contribution >= 0.6 is 0 Å². The Bertz CT molecular complexity index is 211. The molecule has 6 heteroatoms. The molecule has 0 aromatic carbocycles. The van der Waals surface area contributed by atoms with E-state index in [9.17, 15) is 14.4 Å². The number of carbonyl (C=O) groups excluding carboxylic acids is 3. The number of amides is 2. The van der Waals surface area contributed by atoms with Crippen molar-refractivity contribution in [3.05, 3.63) is 0 Å². The highest BCUT2D eigenvalue weighted by Gasteiger charge is 2.21. The van der Waals surface area contributed by atoms with Gasteiger partial charge in [-0.3, -0.25) is 9.59 Å². The van der Waals surface area contributed by atoms with Crippen LogP contribution in [0, 0.1) is 0 Å². The number of primary amides is 1. The number of nitrogens with two attached hydrogens (primary N) is 1. The number of methoxy groups -OCH3 is 1. The van der Waals surface area contributed by atoms with Gasteiger partial charge >= 0.3 is 5.97 Å². The molecule has 2 amide bonds. The predicted molar refractivity (Wildman–Crippen MR) is 43.4 cm³/mol. The molecule has 0 heterocycles. The van der Waals surface area contributed by atoms with E-state index in [0.29, 0.717) is 0 Å². The van der Waals surface area contributed by atoms with Crippen LogP contribution in [0.25, 0.3) is 0 Å². The number of hydrogen-bond acceptors (Lipinski definition) is 4. The van der Waals surface area contributed by atoms with Crippen LogP contribution in [0.3, 0.4) is 0 Å². The molecule has 6 nitrogen and oxygen atoms in total. The molecule has 13 heavy (non-hydrogen) atoms. The average molecular weight is 188 g/mol. The number of hydrogen-bond donors (Lipinski definition) is 2. The van der Waals surface area contributed by atoms with Crippen molar-refractivity contribution in [3.63, 3.8) is 0 Å². The Labute approximate surface area is 75.4 Å². The molecule has 3 N–H and O–H groups in total. The summed E-state index contributed by atoms with van der Waals surface area (Å²) < 4.78 is 4.35. The average Bonchev–Trinajstić information content (AvgIpc) is 2.00. The van der Waals surface area contributed by atoms with Crippen molar-refractivity contribution in [2.75, 3.05) is 7.11 Å². The first-order valence-electron chi connectivity index (χ1n) is 3.60. The lowest BCUT2D eigenvalue weighted by molar-refractivity contribution is -0.146. The minimum atomic E-state index is -0.986. The summed E-state index contributed by atoms with van der Waals surface area (Å²) in [5.74, 6) is -1.78. The highest BCUT2D eigenvalue weighted by atomic mass is 16.5. The summed E-state index contributed by atoms with van der Waals surface area (Å²) in [6.07, 6.45) is -0.258. The predicted octanol–water partition coefficient (Wildman–Crippen LogP) is -1.46. The summed E-state index contributed by atoms with van der Waals surface area (Å²) in [4.78, 5) is 32.0. The molecule has 0 radical (unpaired) electrons. The van der Waals surface area contributed by atoms with Crippen LogP contribution in [0.15, 0.2) is 0 Å². The summed E-state index contributed by atoms with van der Waals surface area (Å²) in [5, 5.41) is 2.25. The van der Waals surface area contributed by atoms with E-state index < -0.39 is 23.8 Å². The number of rotatable bonds is 4. The monoisotopic (exact) mass is 188 g/mol. The van der Waals surface area contributed by atoms with Gasteiger partial charge in [0.1, 0.15) is 6.04 Å². The van der Waals surface area contributed by atoms with Gasteiger partial charge in [-0.1, -0.05) is 0 Å². The summed E-state index contributed by atoms with van der Waals surface area (Å²) in [6.45, 7) is 1.23. The van der Waals surface area contributed by atoms with Crippen molar-refractivity contribution >= 4 is 17.8 Å². The molecule has 74 valence electrons. The van der Waals surface area contributed by atoms with Gasteiger partial charge in [0.05, 0.1) is 13.5 Å². The van der Waals surface area contributed by atoms with Gasteiger partial charge in [0, 0.05) is 6.92 Å². The van der Waals surface area contributed by atoms with E-state index >= 15 is 0 Å². The van der Waals surface area contributed by atoms with Gasteiger partial charge in [-0.15, -0.1) is 0 Å². The largest absolute Gasteiger partial charge is 0.467 e. The Morgan fingerprint density at radius 1 is 1.46 bits per heavy atom. The normalized spacial score (nSPS) is 11.5. The zero-order valence-corrected chi connectivity index (χ0v) is 7.49. The standard InChI is InChI=1S/C7H12N2O4/c1-4(10)9-5(3-6(8)11)7(12)13-2/h5H,3H2,1-2H3,(H2,8,11)(H,9,10)/t5-/m0/s1. The second kappa shape index (κ2) is 5.13. The summed E-state index contributed by atoms with van der Waals surface area (Å²) in [5.41, 5.74) is 4.86. The Kier molecular flexibility index (Phi) is 4.50. The second-order valence-electron chi connectivity index (χ2n) is 2.45. The molecule has 0 aliphatic rings. The van der Waals surface area contributed by atoms with Crippen molar-refractivity contribution in [2.45, 2.75) is 19.4 Å². The zero-order chi connectivity index (χ0) is 10.4. The van der Waals surface area contributed by atoms with Gasteiger partial charge < -0.3 is 15.8 Å². The third-order valence-electron chi connectivity index (χ3n) is 1.27. The van der Waals surface area contributed by atoms with Crippen LogP contribution in [-0.2, 0) is 19.1 Å². The van der Waals surface area contributed by atoms with E-state index in [2.05, 4.69) is 10.1 Å². The van der Waals surface area contributed by atoms with E-state index in [1.54, 1.807) is 0 Å². The number of carbonyl (C=O) groups is 3. The van der Waals surface area contributed by atoms with Crippen molar-refractivity contribution in [1.82, 2.24) is 5.32 Å². The molecular formula is C7H12N2O4. The first-order valence-corrected chi connectivity index (χ1v) is 3.60. The molecule has 0 aliphatic heterocycles. The molecule has 0 aromatic heterocycles. The van der Waals surface area contributed by atoms with Crippen LogP contribution in [0.2, 0.25) is 0 Å². The SMILES string of the molecule is COC(=O)[C@H](CC(N)=O)NC(C)=O. The van der Waals surface area contributed by atoms with Crippen LogP contribution in [-0.4, -0.2) is 30.9 Å². The Morgan fingerprint density at radius 3 is 2.31 bits per heavy atom. The molecule has 0 saturated heterocycles. The Hall–Kier alpha value is -1.59. The van der Waals surface area contributed by atoms with Crippen LogP contribution < -0.4 is 11.1 Å². The van der Waals surface area contributed by atoms with E-state index in [4.69, 9.17) is 5.73 Å². The number of esters is 1. The third kappa shape index (κ3) is 4.78. The van der Waals surface area contributed by atoms with E-state index in [1.165, 1.54) is 6.92 Å². The van der Waals surface area contributed by atoms with Crippen molar-refractivity contribution in [3.8, 4) is 0 Å². The van der Waals surface area contributed by atoms with Gasteiger partial charge in [-0.25, -0.2) is 4.79 Å². The fraction of sp³-hybridized carbons (Fsp3) is 0.571. The van der Waals surface area contributed by atoms with E-state index in [0.717, 1.165) is 7.11 Å². The lowest BCUT2D eigenvalue weighted by Crippen LogP contribution is -2.43. The lowest BCUT2D eigenvalue weighted by Gasteiger charge is -2.12. The van der Waals surface area contributed by atoms with E-state index in [-0.39, 0.29) is 6.42 Å². The van der Waals surface area contributed by atoms with Crippen LogP contribution in [0.5, 0.6) is 0 Å². The van der Waals surface area contributed by atoms with Crippen LogP contribution in [0.1, 0.15) is 13.3 Å². The highest BCUT2D eigenvalue weighted by Crippen LogP contribution is 1.94. The molecule has 0 spiro atoms. The number of nitrogens with one attached hydrogen (secondary N) is 1. The van der Waals surface area contributed by atoms with Crippen LogP contribution in [0.4, 0.5) is 0 Å². The summed E-state index contributed by atoms with van der Waals surface area (Å²) in [7, 11) is 1.16. The highest BCUT2D eigenvalue weighted by molar-refractivity contribution is 5.88. The molecule has 0 fully saturated rings. The third-order valence-corrected chi connectivity index (χ3v) is 1.27. The zero-order valence-electron chi connectivity index (χ0n) is 7.49. The van der Waals surface area contributed by atoms with E-state index in [1.807, 2.05) is 0 Å². The first kappa shape index (κ1) is 11.4. The molecule has 0 unspecified atom stereocenters. The molecule has 0 bridgehead atoms. The molecule has 1 atom stereocenters. The molecular weight excluding hydrogens is 176 g/mol. The quantitative estimate of drug-likeness (QED) is 0.526. The Balaban J connectivity index is 4.26. The summed E-state index contributed by atoms with van der Waals surface area (Å²) >= 11 is 0. The molecule has 0 aliphatic carbocycles. The fourth-order valence-corrected chi connectivity index (χ4v) is 0.782. The van der Waals surface area contributed by atoms with Gasteiger partial charge in [-0.05, 0) is 0 Å². The summed E-state index contributed by atoms with van der Waals surface area (Å²) in [6, 6.07) is -0.986. The number of ether oxygens (including phenoxy) is 1. The van der Waals surface area contributed by atoms with Crippen molar-refractivity contribution in [2.24, 2.45) is 5.73 Å². The van der Waals surface area contributed by atoms with Gasteiger partial charge in [-0.2, -0.15) is 0 Å². The molecule has 0 saturated carbocycles. The topological polar surface area (TPSA) is 98.5 Å². The second-order valence-corrected chi connectivity index (χ2v) is 2.45. The minimum absolute atomic E-state index is 0.258. The smallest absolute Gasteiger partial charge is 0.328 e. The maximum absolute atomic E-state index is 10.9. The lowest BCUT2D eigenvalue weighted by atomic mass is 10.2. The fourth-order valence-electron chi connectivity index (χ4n) is 0.782. The van der Waals surface area contributed by atoms with Crippen molar-refractivity contribution < 1.29 is 19.1 Å². The maximum atomic E-state index is 10.9. The van der Waals surface area contributed by atoms with Crippen molar-refractivity contribution in [1.29, 1.82) is 0 Å². The maximum Gasteiger partial charge on any atom is 0.328 e. The van der Waals surface area contributed by atoms with Gasteiger partial charge in [0.15, 0.2) is 0 Å².